The van der Waals surface area contributed by atoms with Crippen molar-refractivity contribution < 1.29 is 11.3 Å². The first-order valence-corrected chi connectivity index (χ1v) is 12.3. The molecule has 1 nitrogen and oxygen atoms in total. The zero-order valence-corrected chi connectivity index (χ0v) is 19.7. The summed E-state index contributed by atoms with van der Waals surface area (Å²) in [6.45, 7) is 0. The zero-order valence-electron chi connectivity index (χ0n) is 24.7. The lowest BCUT2D eigenvalue weighted by Crippen LogP contribution is -1.89. The topological polar surface area (TPSA) is 13.1 Å². The lowest BCUT2D eigenvalue weighted by molar-refractivity contribution is 0.617. The van der Waals surface area contributed by atoms with Crippen molar-refractivity contribution in [1.82, 2.24) is 0 Å². The zero-order chi connectivity index (χ0) is 28.7. The van der Waals surface area contributed by atoms with Crippen LogP contribution in [0.1, 0.15) is 6.85 Å². The van der Waals surface area contributed by atoms with Gasteiger partial charge >= 0.3 is 0 Å². The molecule has 0 radical (unpaired) electrons. The van der Waals surface area contributed by atoms with Crippen LogP contribution in [-0.2, 0) is 0 Å². The highest BCUT2D eigenvalue weighted by molar-refractivity contribution is 6.27. The molecule has 37 heavy (non-hydrogen) atoms. The Balaban J connectivity index is 1.37. The third kappa shape index (κ3) is 3.04. The third-order valence-corrected chi connectivity index (χ3v) is 7.41. The van der Waals surface area contributed by atoms with Crippen molar-refractivity contribution in [3.63, 3.8) is 0 Å². The van der Waals surface area contributed by atoms with Crippen LogP contribution in [0.5, 0.6) is 0 Å². The van der Waals surface area contributed by atoms with Crippen LogP contribution in [0.25, 0.3) is 76.7 Å². The lowest BCUT2D eigenvalue weighted by atomic mass is 9.87. The number of hydrogen-bond acceptors (Lipinski definition) is 1. The van der Waals surface area contributed by atoms with Gasteiger partial charge in [0.1, 0.15) is 5.58 Å². The Bertz CT molecular complexity index is 2330. The summed E-state index contributed by atoms with van der Waals surface area (Å²) in [6.07, 6.45) is 1.81. The molecule has 172 valence electrons. The van der Waals surface area contributed by atoms with Crippen LogP contribution in [0, 0.1) is 0 Å². The summed E-state index contributed by atoms with van der Waals surface area (Å²) in [4.78, 5) is 0. The van der Waals surface area contributed by atoms with E-state index >= 15 is 0 Å². The first-order chi connectivity index (χ1) is 20.4. The molecule has 0 bridgehead atoms. The quantitative estimate of drug-likeness (QED) is 0.232. The molecule has 8 rings (SSSR count). The van der Waals surface area contributed by atoms with Gasteiger partial charge in [-0.15, -0.1) is 0 Å². The number of benzene rings is 7. The second kappa shape index (κ2) is 7.81. The van der Waals surface area contributed by atoms with E-state index in [1.807, 2.05) is 42.7 Å². The predicted molar refractivity (Wildman–Crippen MR) is 156 cm³/mol. The second-order valence-electron chi connectivity index (χ2n) is 9.38. The van der Waals surface area contributed by atoms with Gasteiger partial charge < -0.3 is 4.42 Å². The van der Waals surface area contributed by atoms with Gasteiger partial charge in [-0.2, -0.15) is 0 Å². The molecule has 0 unspecified atom stereocenters. The van der Waals surface area contributed by atoms with Crippen LogP contribution < -0.4 is 0 Å². The predicted octanol–water partition coefficient (Wildman–Crippen LogP) is 10.3. The molecule has 7 aromatic carbocycles. The molecule has 0 fully saturated rings. The molecule has 8 aromatic rings. The average Bonchev–Trinajstić information content (AvgIpc) is 3.46. The molecule has 0 aliphatic carbocycles. The summed E-state index contributed by atoms with van der Waals surface area (Å²) in [7, 11) is 0. The first kappa shape index (κ1) is 16.0. The number of furan rings is 1. The molecule has 1 heteroatoms. The smallest absolute Gasteiger partial charge is 0.135 e. The minimum absolute atomic E-state index is 0.196. The summed E-state index contributed by atoms with van der Waals surface area (Å²) in [5, 5.41) is 7.21. The monoisotopic (exact) mass is 475 g/mol. The van der Waals surface area contributed by atoms with Crippen LogP contribution in [0.4, 0.5) is 0 Å². The van der Waals surface area contributed by atoms with Crippen molar-refractivity contribution in [2.75, 3.05) is 0 Å². The van der Waals surface area contributed by atoms with E-state index in [0.29, 0.717) is 5.56 Å². The molecular formula is C36H22O. The Hall–Kier alpha value is -4.88. The summed E-state index contributed by atoms with van der Waals surface area (Å²) < 4.78 is 47.7. The van der Waals surface area contributed by atoms with Crippen LogP contribution in [-0.4, -0.2) is 0 Å². The molecular weight excluding hydrogens is 448 g/mol. The highest BCUT2D eigenvalue weighted by Gasteiger charge is 2.16. The maximum Gasteiger partial charge on any atom is 0.135 e. The van der Waals surface area contributed by atoms with Crippen molar-refractivity contribution in [3.05, 3.63) is 134 Å². The fourth-order valence-electron chi connectivity index (χ4n) is 5.69. The van der Waals surface area contributed by atoms with E-state index in [1.54, 1.807) is 0 Å². The van der Waals surface area contributed by atoms with Crippen molar-refractivity contribution >= 4 is 43.3 Å². The van der Waals surface area contributed by atoms with Gasteiger partial charge in [-0.1, -0.05) is 115 Å². The molecule has 0 aliphatic heterocycles. The second-order valence-corrected chi connectivity index (χ2v) is 9.38. The molecule has 0 saturated heterocycles. The maximum absolute atomic E-state index is 8.59. The molecule has 1 aromatic heterocycles. The van der Waals surface area contributed by atoms with Gasteiger partial charge in [0, 0.05) is 10.9 Å². The highest BCUT2D eigenvalue weighted by atomic mass is 16.3. The lowest BCUT2D eigenvalue weighted by Gasteiger charge is -2.16. The van der Waals surface area contributed by atoms with Crippen molar-refractivity contribution in [3.8, 4) is 33.4 Å². The van der Waals surface area contributed by atoms with Gasteiger partial charge in [0.25, 0.3) is 0 Å². The minimum Gasteiger partial charge on any atom is -0.464 e. The minimum atomic E-state index is -0.388. The van der Waals surface area contributed by atoms with Gasteiger partial charge in [0.2, 0.25) is 0 Å². The SMILES string of the molecule is [2H]c1c([2H])c([2H])c(-c2ccc3ccc4c(-c5ccc6c(-c7ccccc7)coc6c5)ccc5ccc2c3c54)c([2H])c1[2H]. The van der Waals surface area contributed by atoms with Crippen LogP contribution >= 0.6 is 0 Å². The maximum atomic E-state index is 8.59. The highest BCUT2D eigenvalue weighted by Crippen LogP contribution is 2.43. The van der Waals surface area contributed by atoms with Gasteiger partial charge in [-0.3, -0.25) is 0 Å². The van der Waals surface area contributed by atoms with Crippen molar-refractivity contribution in [2.24, 2.45) is 0 Å². The molecule has 0 N–H and O–H groups in total. The Morgan fingerprint density at radius 1 is 0.486 bits per heavy atom. The van der Waals surface area contributed by atoms with E-state index in [-0.39, 0.29) is 35.8 Å². The summed E-state index contributed by atoms with van der Waals surface area (Å²) in [5.74, 6) is 0. The summed E-state index contributed by atoms with van der Waals surface area (Å²) in [6, 6.07) is 31.5. The van der Waals surface area contributed by atoms with Crippen molar-refractivity contribution in [1.29, 1.82) is 0 Å². The van der Waals surface area contributed by atoms with Gasteiger partial charge in [0.05, 0.1) is 13.1 Å². The van der Waals surface area contributed by atoms with Crippen LogP contribution in [0.2, 0.25) is 0 Å². The number of fused-ring (bicyclic) bond motifs is 1. The van der Waals surface area contributed by atoms with Gasteiger partial charge in [-0.05, 0) is 72.3 Å². The normalized spacial score (nSPS) is 13.7. The Morgan fingerprint density at radius 3 is 1.81 bits per heavy atom. The molecule has 0 aliphatic rings. The summed E-state index contributed by atoms with van der Waals surface area (Å²) in [5.41, 5.74) is 5.96. The standard InChI is InChI=1S/C36H22O/c1-3-7-23(8-4-1)28-16-11-25-14-20-32-29(17-12-26-13-19-31(28)35(25)36(26)32)27-15-18-30-33(22-37-34(30)21-27)24-9-5-2-6-10-24/h1-22H/i1D,3D,4D,7D,8D. The molecule has 0 atom stereocenters. The molecule has 0 spiro atoms. The van der Waals surface area contributed by atoms with E-state index in [0.717, 1.165) is 65.5 Å². The fraction of sp³-hybridized carbons (Fsp3) is 0. The average molecular weight is 476 g/mol. The molecule has 0 amide bonds. The molecule has 1 heterocycles. The third-order valence-electron chi connectivity index (χ3n) is 7.41. The van der Waals surface area contributed by atoms with Crippen molar-refractivity contribution in [2.45, 2.75) is 0 Å². The van der Waals surface area contributed by atoms with E-state index in [9.17, 15) is 0 Å². The summed E-state index contributed by atoms with van der Waals surface area (Å²) >= 11 is 0. The van der Waals surface area contributed by atoms with Gasteiger partial charge in [-0.25, -0.2) is 0 Å². The largest absolute Gasteiger partial charge is 0.464 e. The van der Waals surface area contributed by atoms with Crippen LogP contribution in [0.15, 0.2) is 138 Å². The molecule has 0 saturated carbocycles. The Kier molecular flexibility index (Phi) is 3.37. The van der Waals surface area contributed by atoms with E-state index < -0.39 is 0 Å². The van der Waals surface area contributed by atoms with Crippen LogP contribution in [0.3, 0.4) is 0 Å². The fourth-order valence-corrected chi connectivity index (χ4v) is 5.69. The van der Waals surface area contributed by atoms with E-state index in [2.05, 4.69) is 60.7 Å². The first-order valence-electron chi connectivity index (χ1n) is 14.8. The van der Waals surface area contributed by atoms with E-state index in [1.165, 1.54) is 0 Å². The number of hydrogen-bond donors (Lipinski definition) is 0. The van der Waals surface area contributed by atoms with E-state index in [4.69, 9.17) is 11.3 Å². The Labute approximate surface area is 221 Å². The number of rotatable bonds is 3. The van der Waals surface area contributed by atoms with Gasteiger partial charge in [0.15, 0.2) is 0 Å². The Morgan fingerprint density at radius 2 is 1.11 bits per heavy atom.